The molecule has 0 saturated carbocycles. The summed E-state index contributed by atoms with van der Waals surface area (Å²) in [5.74, 6) is -0.240. The summed E-state index contributed by atoms with van der Waals surface area (Å²) in [6, 6.07) is 6.87. The van der Waals surface area contributed by atoms with E-state index in [4.69, 9.17) is 0 Å². The third-order valence-corrected chi connectivity index (χ3v) is 5.77. The van der Waals surface area contributed by atoms with Crippen LogP contribution < -0.4 is 5.32 Å². The Hall–Kier alpha value is -2.47. The molecule has 0 unspecified atom stereocenters. The lowest BCUT2D eigenvalue weighted by Crippen LogP contribution is -2.33. The molecule has 4 rings (SSSR count). The van der Waals surface area contributed by atoms with Gasteiger partial charge in [-0.15, -0.1) is 0 Å². The second-order valence-corrected chi connectivity index (χ2v) is 8.92. The summed E-state index contributed by atoms with van der Waals surface area (Å²) >= 11 is 0. The highest BCUT2D eigenvalue weighted by atomic mass is 19.1. The highest BCUT2D eigenvalue weighted by Crippen LogP contribution is 2.41. The predicted molar refractivity (Wildman–Crippen MR) is 112 cm³/mol. The summed E-state index contributed by atoms with van der Waals surface area (Å²) in [5, 5.41) is 13.0. The van der Waals surface area contributed by atoms with E-state index in [-0.39, 0.29) is 17.3 Å². The molecule has 1 atom stereocenters. The quantitative estimate of drug-likeness (QED) is 0.656. The normalized spacial score (nSPS) is 18.0. The number of nitrogens with one attached hydrogen (secondary N) is 1. The highest BCUT2D eigenvalue weighted by Gasteiger charge is 2.35. The smallest absolute Gasteiger partial charge is 0.125 e. The Morgan fingerprint density at radius 2 is 2.14 bits per heavy atom. The van der Waals surface area contributed by atoms with Crippen molar-refractivity contribution in [3.8, 4) is 5.69 Å². The first-order valence-electron chi connectivity index (χ1n) is 10.5. The SMILES string of the molecule is CCCn1cc(CN[C@H]2CC(C)(C)Cc3c2cnn3-c2cccc(F)c2)c(C)n1. The second-order valence-electron chi connectivity index (χ2n) is 8.92. The Labute approximate surface area is 171 Å². The van der Waals surface area contributed by atoms with E-state index in [0.717, 1.165) is 43.7 Å². The monoisotopic (exact) mass is 395 g/mol. The molecule has 2 aromatic heterocycles. The largest absolute Gasteiger partial charge is 0.306 e. The fraction of sp³-hybridized carbons (Fsp3) is 0.478. The van der Waals surface area contributed by atoms with Crippen molar-refractivity contribution in [1.29, 1.82) is 0 Å². The zero-order valence-corrected chi connectivity index (χ0v) is 17.7. The van der Waals surface area contributed by atoms with Gasteiger partial charge in [-0.05, 0) is 49.8 Å². The molecule has 154 valence electrons. The number of nitrogens with zero attached hydrogens (tertiary/aromatic N) is 4. The van der Waals surface area contributed by atoms with Crippen molar-refractivity contribution in [3.63, 3.8) is 0 Å². The minimum atomic E-state index is -0.240. The van der Waals surface area contributed by atoms with E-state index in [1.165, 1.54) is 22.9 Å². The first-order chi connectivity index (χ1) is 13.9. The van der Waals surface area contributed by atoms with Crippen molar-refractivity contribution < 1.29 is 4.39 Å². The summed E-state index contributed by atoms with van der Waals surface area (Å²) in [7, 11) is 0. The van der Waals surface area contributed by atoms with Crippen LogP contribution in [0, 0.1) is 18.2 Å². The van der Waals surface area contributed by atoms with Crippen molar-refractivity contribution in [3.05, 3.63) is 65.0 Å². The van der Waals surface area contributed by atoms with Crippen molar-refractivity contribution >= 4 is 0 Å². The van der Waals surface area contributed by atoms with Crippen molar-refractivity contribution in [1.82, 2.24) is 24.9 Å². The number of rotatable bonds is 6. The molecule has 5 nitrogen and oxygen atoms in total. The van der Waals surface area contributed by atoms with E-state index in [9.17, 15) is 4.39 Å². The lowest BCUT2D eigenvalue weighted by molar-refractivity contribution is 0.252. The van der Waals surface area contributed by atoms with Crippen LogP contribution in [-0.2, 0) is 19.5 Å². The van der Waals surface area contributed by atoms with Gasteiger partial charge in [0.15, 0.2) is 0 Å². The van der Waals surface area contributed by atoms with E-state index in [0.29, 0.717) is 0 Å². The van der Waals surface area contributed by atoms with E-state index in [1.807, 2.05) is 21.6 Å². The standard InChI is InChI=1S/C23H30FN5/c1-5-9-28-15-17(16(2)27-28)13-25-21-11-23(3,4)12-22-20(21)14-26-29(22)19-8-6-7-18(24)10-19/h6-8,10,14-15,21,25H,5,9,11-13H2,1-4H3/t21-/m0/s1. The third-order valence-electron chi connectivity index (χ3n) is 5.77. The Bertz CT molecular complexity index is 1000. The molecule has 2 heterocycles. The molecule has 1 aliphatic rings. The molecule has 1 N–H and O–H groups in total. The highest BCUT2D eigenvalue weighted by molar-refractivity contribution is 5.38. The minimum absolute atomic E-state index is 0.136. The number of hydrogen-bond donors (Lipinski definition) is 1. The zero-order valence-electron chi connectivity index (χ0n) is 17.7. The Balaban J connectivity index is 1.60. The maximum absolute atomic E-state index is 13.8. The van der Waals surface area contributed by atoms with Gasteiger partial charge >= 0.3 is 0 Å². The van der Waals surface area contributed by atoms with Gasteiger partial charge < -0.3 is 5.32 Å². The Morgan fingerprint density at radius 3 is 2.90 bits per heavy atom. The number of hydrogen-bond acceptors (Lipinski definition) is 3. The molecule has 0 radical (unpaired) electrons. The second kappa shape index (κ2) is 7.75. The van der Waals surface area contributed by atoms with Crippen LogP contribution in [0.4, 0.5) is 4.39 Å². The van der Waals surface area contributed by atoms with Crippen LogP contribution in [0.5, 0.6) is 0 Å². The van der Waals surface area contributed by atoms with Gasteiger partial charge in [0, 0.05) is 42.1 Å². The molecule has 0 spiro atoms. The molecule has 29 heavy (non-hydrogen) atoms. The number of fused-ring (bicyclic) bond motifs is 1. The van der Waals surface area contributed by atoms with E-state index in [2.05, 4.69) is 49.4 Å². The number of benzene rings is 1. The molecule has 0 saturated heterocycles. The van der Waals surface area contributed by atoms with Gasteiger partial charge in [-0.25, -0.2) is 9.07 Å². The minimum Gasteiger partial charge on any atom is -0.306 e. The molecule has 0 fully saturated rings. The first kappa shape index (κ1) is 19.8. The van der Waals surface area contributed by atoms with Crippen molar-refractivity contribution in [2.75, 3.05) is 0 Å². The van der Waals surface area contributed by atoms with Crippen molar-refractivity contribution in [2.45, 2.75) is 66.1 Å². The van der Waals surface area contributed by atoms with Gasteiger partial charge in [0.05, 0.1) is 17.6 Å². The predicted octanol–water partition coefficient (Wildman–Crippen LogP) is 4.73. The number of aromatic nitrogens is 4. The summed E-state index contributed by atoms with van der Waals surface area (Å²) in [4.78, 5) is 0. The van der Waals surface area contributed by atoms with Crippen LogP contribution in [-0.4, -0.2) is 19.6 Å². The summed E-state index contributed by atoms with van der Waals surface area (Å²) in [6.07, 6.45) is 7.13. The lowest BCUT2D eigenvalue weighted by atomic mass is 9.74. The average Bonchev–Trinajstić information content (AvgIpc) is 3.22. The zero-order chi connectivity index (χ0) is 20.6. The van der Waals surface area contributed by atoms with Gasteiger partial charge in [-0.2, -0.15) is 10.2 Å². The molecule has 0 bridgehead atoms. The van der Waals surface area contributed by atoms with Crippen molar-refractivity contribution in [2.24, 2.45) is 5.41 Å². The molecule has 0 amide bonds. The topological polar surface area (TPSA) is 47.7 Å². The van der Waals surface area contributed by atoms with Gasteiger partial charge in [-0.3, -0.25) is 4.68 Å². The van der Waals surface area contributed by atoms with Crippen LogP contribution >= 0.6 is 0 Å². The molecular weight excluding hydrogens is 365 g/mol. The van der Waals surface area contributed by atoms with Gasteiger partial charge in [0.1, 0.15) is 5.82 Å². The summed E-state index contributed by atoms with van der Waals surface area (Å²) in [5.41, 5.74) is 5.61. The maximum Gasteiger partial charge on any atom is 0.125 e. The molecular formula is C23H30FN5. The summed E-state index contributed by atoms with van der Waals surface area (Å²) in [6.45, 7) is 10.5. The molecule has 1 aromatic carbocycles. The molecule has 0 aliphatic heterocycles. The Kier molecular flexibility index (Phi) is 5.30. The van der Waals surface area contributed by atoms with Crippen LogP contribution in [0.25, 0.3) is 5.69 Å². The third kappa shape index (κ3) is 4.13. The first-order valence-corrected chi connectivity index (χ1v) is 10.5. The van der Waals surface area contributed by atoms with E-state index in [1.54, 1.807) is 12.1 Å². The van der Waals surface area contributed by atoms with Gasteiger partial charge in [0.25, 0.3) is 0 Å². The van der Waals surface area contributed by atoms with Crippen LogP contribution in [0.3, 0.4) is 0 Å². The summed E-state index contributed by atoms with van der Waals surface area (Å²) < 4.78 is 17.7. The van der Waals surface area contributed by atoms with Crippen LogP contribution in [0.1, 0.15) is 62.2 Å². The van der Waals surface area contributed by atoms with Crippen LogP contribution in [0.2, 0.25) is 0 Å². The van der Waals surface area contributed by atoms with Gasteiger partial charge in [0.2, 0.25) is 0 Å². The Morgan fingerprint density at radius 1 is 1.31 bits per heavy atom. The fourth-order valence-electron chi connectivity index (χ4n) is 4.36. The number of aryl methyl sites for hydroxylation is 2. The van der Waals surface area contributed by atoms with Crippen LogP contribution in [0.15, 0.2) is 36.7 Å². The fourth-order valence-corrected chi connectivity index (χ4v) is 4.36. The average molecular weight is 396 g/mol. The lowest BCUT2D eigenvalue weighted by Gasteiger charge is -2.36. The molecule has 6 heteroatoms. The van der Waals surface area contributed by atoms with Gasteiger partial charge in [-0.1, -0.05) is 26.8 Å². The van der Waals surface area contributed by atoms with E-state index < -0.39 is 0 Å². The molecule has 1 aliphatic carbocycles. The number of halogens is 1. The maximum atomic E-state index is 13.8. The molecule has 3 aromatic rings. The van der Waals surface area contributed by atoms with E-state index >= 15 is 0 Å².